The Morgan fingerprint density at radius 2 is 0.319 bits per heavy atom. The van der Waals surface area contributed by atoms with E-state index >= 15 is 0 Å². The molecule has 36 heteroatoms. The zero-order chi connectivity index (χ0) is 99.3. The first-order valence-electron chi connectivity index (χ1n) is 56.4. The molecule has 3 aromatic heterocycles. The van der Waals surface area contributed by atoms with E-state index in [9.17, 15) is 0 Å². The zero-order valence-electron chi connectivity index (χ0n) is 85.9. The molecule has 0 saturated heterocycles. The molecule has 18 rings (SSSR count). The molecule has 141 heavy (non-hydrogen) atoms. The fourth-order valence-electron chi connectivity index (χ4n) is 24.9. The Morgan fingerprint density at radius 3 is 0.454 bits per heavy atom. The van der Waals surface area contributed by atoms with Crippen LogP contribution in [0, 0.1) is 0 Å². The van der Waals surface area contributed by atoms with Gasteiger partial charge in [0.05, 0.1) is 34.2 Å². The smallest absolute Gasteiger partial charge is 0.0545 e. The Morgan fingerprint density at radius 1 is 0.199 bits per heavy atom. The van der Waals surface area contributed by atoms with Gasteiger partial charge in [-0.2, -0.15) is 0 Å². The van der Waals surface area contributed by atoms with Gasteiger partial charge in [0, 0.05) is 263 Å². The van der Waals surface area contributed by atoms with Gasteiger partial charge in [-0.3, -0.25) is 15.0 Å². The summed E-state index contributed by atoms with van der Waals surface area (Å²) in [5.41, 5.74) is 43.7. The van der Waals surface area contributed by atoms with Crippen LogP contribution in [-0.2, 0) is 78.7 Å². The molecule has 813 valence electrons. The van der Waals surface area contributed by atoms with Gasteiger partial charge in [0.25, 0.3) is 0 Å². The molecule has 0 amide bonds. The molecular weight excluding hydrogens is 2020 g/mol. The molecule has 24 atom stereocenters. The molecule has 6 bridgehead atoms. The van der Waals surface area contributed by atoms with Crippen molar-refractivity contribution in [1.29, 1.82) is 0 Å². The Hall–Kier alpha value is -0.212. The molecule has 30 N–H and O–H groups in total. The predicted molar refractivity (Wildman–Crippen MR) is 583 cm³/mol. The van der Waals surface area contributed by atoms with E-state index in [1.807, 2.05) is 0 Å². The van der Waals surface area contributed by atoms with Gasteiger partial charge in [-0.05, 0) is 190 Å². The molecule has 15 aliphatic rings. The van der Waals surface area contributed by atoms with Crippen LogP contribution in [0.5, 0.6) is 0 Å². The van der Waals surface area contributed by atoms with Gasteiger partial charge in [-0.15, -0.1) is 0 Å². The van der Waals surface area contributed by atoms with Crippen molar-refractivity contribution in [3.05, 3.63) is 88.8 Å². The summed E-state index contributed by atoms with van der Waals surface area (Å²) in [5.74, 6) is 0. The fraction of sp³-hybridized carbons (Fsp3) is 0.857. The maximum absolute atomic E-state index is 6.12. The van der Waals surface area contributed by atoms with E-state index in [4.69, 9.17) is 110 Å². The van der Waals surface area contributed by atoms with Crippen molar-refractivity contribution >= 4 is 60.6 Å². The summed E-state index contributed by atoms with van der Waals surface area (Å²) in [6, 6.07) is 31.7. The van der Waals surface area contributed by atoms with Crippen LogP contribution in [0.15, 0.2) is 54.6 Å². The maximum Gasteiger partial charge on any atom is 0.0545 e. The minimum atomic E-state index is 0.00694. The number of fused-ring (bicyclic) bond motifs is 12. The summed E-state index contributed by atoms with van der Waals surface area (Å²) >= 11 is 0.0208. The number of hydrogen-bond donors (Lipinski definition) is 24. The zero-order valence-corrected chi connectivity index (χ0v) is 94.0. The van der Waals surface area contributed by atoms with E-state index in [-0.39, 0.29) is 39.4 Å². The van der Waals surface area contributed by atoms with Crippen molar-refractivity contribution in [1.82, 2.24) is 111 Å². The summed E-state index contributed by atoms with van der Waals surface area (Å²) in [6.07, 6.45) is 61.8. The van der Waals surface area contributed by atoms with Gasteiger partial charge in [-0.25, -0.2) is 0 Å². The fourth-order valence-corrected chi connectivity index (χ4v) is 24.9. The number of rotatable bonds is 15. The van der Waals surface area contributed by atoms with Crippen LogP contribution < -0.4 is 130 Å². The number of hydrogen-bond acceptors (Lipinski definition) is 27. The normalized spacial score (nSPS) is 33.6. The Balaban J connectivity index is 0.000000172. The molecule has 12 saturated carbocycles. The van der Waals surface area contributed by atoms with Crippen LogP contribution >= 0.6 is 60.6 Å². The van der Waals surface area contributed by atoms with E-state index in [1.54, 1.807) is 0 Å². The number of halogens is 6. The van der Waals surface area contributed by atoms with Gasteiger partial charge in [0.1, 0.15) is 0 Å². The van der Waals surface area contributed by atoms with E-state index in [0.717, 1.165) is 118 Å². The number of pyridine rings is 3. The van der Waals surface area contributed by atoms with Crippen LogP contribution in [0.3, 0.4) is 0 Å². The third kappa shape index (κ3) is 48.6. The number of nitrogens with one attached hydrogen (secondary N) is 18. The maximum atomic E-state index is 6.12. The first-order valence-corrected chi connectivity index (χ1v) is 66.2. The van der Waals surface area contributed by atoms with E-state index in [0.29, 0.717) is 145 Å². The molecule has 27 nitrogen and oxygen atoms in total. The molecule has 0 aromatic carbocycles. The summed E-state index contributed by atoms with van der Waals surface area (Å²) in [6.45, 7) is 17.8. The largest absolute Gasteiger partial charge is 0.311 e. The standard InChI is InChI=1S/3C21H35N5.3C14H30N4.6ClH.3Mn/c3*1-3-10-20-18(8-1)22-12-13-23-19-9-2-4-11-21(19)25-15-17-7-5-6-16(26-17)14-24-20;3*15-11-5-1-3-7-13(11)17-9-10-18-14-8-4-2-6-12(14)16;;;;;;;;;/h3*5-7,18-25H,1-4,8-15H2;3*11-14,17-18H,1-10,15-16H2;6*1H;;;/q;;;;;;;;;;;;3*+2/p-6/t18-,19+,20-,21+;2*18-,19-,20-,21-;11-,12+,13-,14?;2*11-,12-,13-,14?;;;;;;;;;/m.10110........./s1. The Labute approximate surface area is 897 Å². The van der Waals surface area contributed by atoms with Crippen LogP contribution in [0.25, 0.3) is 0 Å². The SMILES string of the molecule is N[C@@H]1CCCCC1NCCN[C@@H]1CCCC[C@H]1N.N[C@@H]1CCCC[C@H]1NCCNC1CCCC[C@@H]1N.N[C@H]1CCCCC1NCCN[C@H]1CCCC[C@@H]1N.[Cl][Mn][Cl].[Cl][Mn][Cl].[Cl][Mn][Cl].c1cc2nc(c1)CN[C@@H]1CCCC[C@H]1NCCN[C@@H]1CCCC[C@H]1NC2.c1cc2nc(c1)CN[C@@H]1CCCC[C@H]1NCCN[C@H]1CCCC[C@@H]1NC2.c1cc2nc(c1)CN[C@H]1CCCC[C@@H]1NCCN[C@H]1CCCC[C@@H]1NC2. The van der Waals surface area contributed by atoms with Crippen LogP contribution in [0.1, 0.15) is 342 Å². The third-order valence-corrected chi connectivity index (χ3v) is 33.0. The predicted octanol–water partition coefficient (Wildman–Crippen LogP) is 12.5. The first-order chi connectivity index (χ1) is 69.2. The van der Waals surface area contributed by atoms with Gasteiger partial charge < -0.3 is 130 Å². The second kappa shape index (κ2) is 75.5. The molecular formula is C105H195Cl6Mn3N27. The first kappa shape index (κ1) is 123. The van der Waals surface area contributed by atoms with Crippen molar-refractivity contribution in [3.8, 4) is 0 Å². The summed E-state index contributed by atoms with van der Waals surface area (Å²) in [4.78, 5) is 14.7. The van der Waals surface area contributed by atoms with Crippen molar-refractivity contribution in [3.63, 3.8) is 0 Å². The molecule has 6 heterocycles. The second-order valence-electron chi connectivity index (χ2n) is 43.1. The van der Waals surface area contributed by atoms with Gasteiger partial charge in [0.15, 0.2) is 0 Å². The van der Waals surface area contributed by atoms with Crippen LogP contribution in [0.2, 0.25) is 0 Å². The van der Waals surface area contributed by atoms with E-state index in [2.05, 4.69) is 150 Å². The van der Waals surface area contributed by atoms with Crippen molar-refractivity contribution in [2.24, 2.45) is 34.4 Å². The van der Waals surface area contributed by atoms with E-state index < -0.39 is 0 Å². The summed E-state index contributed by atoms with van der Waals surface area (Å²) in [7, 11) is 28.8. The molecule has 3 aromatic rings. The molecule has 12 fully saturated rings. The molecule has 12 aliphatic carbocycles. The number of nitrogens with zero attached hydrogens (tertiary/aromatic N) is 3. The van der Waals surface area contributed by atoms with E-state index in [1.165, 1.54) is 342 Å². The molecule has 0 radical (unpaired) electrons. The monoisotopic (exact) mass is 2210 g/mol. The van der Waals surface area contributed by atoms with Crippen LogP contribution in [-0.4, -0.2) is 238 Å². The molecule has 0 spiro atoms. The summed E-state index contributed by atoms with van der Waals surface area (Å²) < 4.78 is 0. The molecule has 3 unspecified atom stereocenters. The summed E-state index contributed by atoms with van der Waals surface area (Å²) in [5, 5.41) is 67.3. The van der Waals surface area contributed by atoms with Gasteiger partial charge in [-0.1, -0.05) is 172 Å². The number of aromatic nitrogens is 3. The van der Waals surface area contributed by atoms with Crippen molar-refractivity contribution in [2.45, 2.75) is 492 Å². The Kier molecular flexibility index (Phi) is 65.7. The number of nitrogens with two attached hydrogens (primary N) is 6. The third-order valence-electron chi connectivity index (χ3n) is 33.0. The minimum absolute atomic E-state index is 0.00694. The van der Waals surface area contributed by atoms with Gasteiger partial charge >= 0.3 is 100.0 Å². The van der Waals surface area contributed by atoms with Crippen molar-refractivity contribution in [2.75, 3.05) is 78.5 Å². The average Bonchev–Trinajstić information content (AvgIpc) is 1.86. The average molecular weight is 2210 g/mol. The minimum Gasteiger partial charge on any atom is -0.311 e. The molecule has 3 aliphatic heterocycles. The Bertz CT molecular complexity index is 3040. The quantitative estimate of drug-likeness (QED) is 0.0496. The van der Waals surface area contributed by atoms with Crippen LogP contribution in [0.4, 0.5) is 0 Å². The van der Waals surface area contributed by atoms with Crippen molar-refractivity contribution < 1.29 is 39.4 Å². The van der Waals surface area contributed by atoms with Gasteiger partial charge in [0.2, 0.25) is 0 Å². The topological polar surface area (TPSA) is 411 Å². The second-order valence-corrected chi connectivity index (χ2v) is 48.9.